The van der Waals surface area contributed by atoms with E-state index in [9.17, 15) is 14.7 Å². The summed E-state index contributed by atoms with van der Waals surface area (Å²) in [6, 6.07) is 13.1. The van der Waals surface area contributed by atoms with Crippen LogP contribution in [-0.2, 0) is 22.5 Å². The third kappa shape index (κ3) is 4.74. The monoisotopic (exact) mass is 435 g/mol. The highest BCUT2D eigenvalue weighted by Gasteiger charge is 2.22. The van der Waals surface area contributed by atoms with Crippen LogP contribution < -0.4 is 10.4 Å². The first-order valence-electron chi connectivity index (χ1n) is 10.5. The molecule has 1 saturated heterocycles. The number of allylic oxidation sites excluding steroid dienone is 1. The first-order valence-corrected chi connectivity index (χ1v) is 10.5. The summed E-state index contributed by atoms with van der Waals surface area (Å²) in [5, 5.41) is 9.99. The molecule has 32 heavy (non-hydrogen) atoms. The number of benzene rings is 2. The van der Waals surface area contributed by atoms with Gasteiger partial charge in [-0.1, -0.05) is 36.4 Å². The lowest BCUT2D eigenvalue weighted by Crippen LogP contribution is -2.35. The molecule has 2 aromatic carbocycles. The van der Waals surface area contributed by atoms with Crippen molar-refractivity contribution in [1.29, 1.82) is 0 Å². The Bertz CT molecular complexity index is 1180. The van der Waals surface area contributed by atoms with Crippen LogP contribution in [0.1, 0.15) is 11.1 Å². The van der Waals surface area contributed by atoms with Gasteiger partial charge in [-0.2, -0.15) is 0 Å². The van der Waals surface area contributed by atoms with Gasteiger partial charge >= 0.3 is 11.6 Å². The van der Waals surface area contributed by atoms with Gasteiger partial charge in [0.1, 0.15) is 11.3 Å². The molecule has 3 aromatic rings. The number of carbonyl (C=O) groups is 1. The van der Waals surface area contributed by atoms with Crippen LogP contribution in [0.25, 0.3) is 22.1 Å². The molecule has 1 aliphatic rings. The summed E-state index contributed by atoms with van der Waals surface area (Å²) in [6.45, 7) is 6.71. The van der Waals surface area contributed by atoms with Gasteiger partial charge in [-0.05, 0) is 23.6 Å². The largest absolute Gasteiger partial charge is 0.481 e. The SMILES string of the molecule is C=CCc1c(OCC(=O)O)c(CN2CCOCC2)cc2c(-c3ccccc3)cc(=O)oc12. The zero-order valence-electron chi connectivity index (χ0n) is 17.7. The van der Waals surface area contributed by atoms with E-state index >= 15 is 0 Å². The number of nitrogens with zero attached hydrogens (tertiary/aromatic N) is 1. The minimum Gasteiger partial charge on any atom is -0.481 e. The van der Waals surface area contributed by atoms with Gasteiger partial charge in [0.05, 0.1) is 13.2 Å². The zero-order valence-corrected chi connectivity index (χ0v) is 17.7. The maximum atomic E-state index is 12.5. The average Bonchev–Trinajstić information content (AvgIpc) is 2.80. The predicted octanol–water partition coefficient (Wildman–Crippen LogP) is 3.48. The van der Waals surface area contributed by atoms with Gasteiger partial charge in [-0.3, -0.25) is 4.90 Å². The smallest absolute Gasteiger partial charge is 0.341 e. The standard InChI is InChI=1S/C25H25NO6/c1-2-6-19-24(31-16-22(27)28)18(15-26-9-11-30-12-10-26)13-21-20(14-23(29)32-25(19)21)17-7-4-3-5-8-17/h2-5,7-8,13-14H,1,6,9-12,15-16H2,(H,27,28). The quantitative estimate of drug-likeness (QED) is 0.428. The van der Waals surface area contributed by atoms with Gasteiger partial charge in [-0.25, -0.2) is 9.59 Å². The van der Waals surface area contributed by atoms with Crippen molar-refractivity contribution in [2.75, 3.05) is 32.9 Å². The number of carboxylic acids is 1. The minimum absolute atomic E-state index is 0.365. The van der Waals surface area contributed by atoms with Gasteiger partial charge in [0.15, 0.2) is 6.61 Å². The third-order valence-electron chi connectivity index (χ3n) is 5.43. The van der Waals surface area contributed by atoms with Crippen LogP contribution in [0.15, 0.2) is 64.3 Å². The van der Waals surface area contributed by atoms with E-state index in [2.05, 4.69) is 11.5 Å². The van der Waals surface area contributed by atoms with Gasteiger partial charge in [0, 0.05) is 42.2 Å². The molecule has 0 amide bonds. The number of rotatable bonds is 8. The molecule has 2 heterocycles. The highest BCUT2D eigenvalue weighted by atomic mass is 16.5. The third-order valence-corrected chi connectivity index (χ3v) is 5.43. The van der Waals surface area contributed by atoms with Crippen molar-refractivity contribution < 1.29 is 23.8 Å². The van der Waals surface area contributed by atoms with Gasteiger partial charge in [0.25, 0.3) is 0 Å². The van der Waals surface area contributed by atoms with Gasteiger partial charge in [0.2, 0.25) is 0 Å². The van der Waals surface area contributed by atoms with Crippen molar-refractivity contribution in [1.82, 2.24) is 4.90 Å². The first-order chi connectivity index (χ1) is 15.6. The highest BCUT2D eigenvalue weighted by Crippen LogP contribution is 2.37. The van der Waals surface area contributed by atoms with Gasteiger partial charge < -0.3 is 19.0 Å². The number of ether oxygens (including phenoxy) is 2. The number of hydrogen-bond acceptors (Lipinski definition) is 6. The molecule has 1 fully saturated rings. The molecule has 1 N–H and O–H groups in total. The topological polar surface area (TPSA) is 89.2 Å². The van der Waals surface area contributed by atoms with E-state index in [0.29, 0.717) is 43.1 Å². The summed E-state index contributed by atoms with van der Waals surface area (Å²) in [4.78, 5) is 26.0. The number of fused-ring (bicyclic) bond motifs is 1. The van der Waals surface area contributed by atoms with Crippen LogP contribution in [0.5, 0.6) is 5.75 Å². The molecule has 0 spiro atoms. The molecule has 166 valence electrons. The van der Waals surface area contributed by atoms with E-state index in [0.717, 1.165) is 35.2 Å². The maximum absolute atomic E-state index is 12.5. The summed E-state index contributed by atoms with van der Waals surface area (Å²) in [6.07, 6.45) is 2.06. The van der Waals surface area contributed by atoms with E-state index in [-0.39, 0.29) is 0 Å². The van der Waals surface area contributed by atoms with E-state index in [4.69, 9.17) is 13.9 Å². The van der Waals surface area contributed by atoms with Crippen molar-refractivity contribution in [3.8, 4) is 16.9 Å². The molecular weight excluding hydrogens is 410 g/mol. The van der Waals surface area contributed by atoms with E-state index < -0.39 is 18.2 Å². The number of carboxylic acid groups (broad SMARTS) is 1. The molecule has 0 saturated carbocycles. The Morgan fingerprint density at radius 1 is 1.19 bits per heavy atom. The Morgan fingerprint density at radius 2 is 1.94 bits per heavy atom. The second kappa shape index (κ2) is 9.80. The van der Waals surface area contributed by atoms with Crippen molar-refractivity contribution in [2.45, 2.75) is 13.0 Å². The second-order valence-electron chi connectivity index (χ2n) is 7.63. The summed E-state index contributed by atoms with van der Waals surface area (Å²) in [5.41, 5.74) is 3.02. The lowest BCUT2D eigenvalue weighted by Gasteiger charge is -2.28. The fourth-order valence-electron chi connectivity index (χ4n) is 4.02. The number of hydrogen-bond donors (Lipinski definition) is 1. The summed E-state index contributed by atoms with van der Waals surface area (Å²) in [7, 11) is 0. The van der Waals surface area contributed by atoms with Crippen molar-refractivity contribution in [3.05, 3.63) is 76.7 Å². The van der Waals surface area contributed by atoms with Crippen LogP contribution in [0, 0.1) is 0 Å². The van der Waals surface area contributed by atoms with Crippen LogP contribution in [-0.4, -0.2) is 48.9 Å². The van der Waals surface area contributed by atoms with Gasteiger partial charge in [-0.15, -0.1) is 6.58 Å². The molecular formula is C25H25NO6. The molecule has 0 atom stereocenters. The molecule has 1 aromatic heterocycles. The molecule has 4 rings (SSSR count). The maximum Gasteiger partial charge on any atom is 0.341 e. The molecule has 0 unspecified atom stereocenters. The summed E-state index contributed by atoms with van der Waals surface area (Å²) < 4.78 is 16.8. The zero-order chi connectivity index (χ0) is 22.5. The summed E-state index contributed by atoms with van der Waals surface area (Å²) in [5.74, 6) is -0.647. The number of aliphatic carboxylic acids is 1. The van der Waals surface area contributed by atoms with E-state index in [1.807, 2.05) is 36.4 Å². The van der Waals surface area contributed by atoms with Crippen LogP contribution in [0.4, 0.5) is 0 Å². The molecule has 0 bridgehead atoms. The minimum atomic E-state index is -1.08. The molecule has 0 radical (unpaired) electrons. The summed E-state index contributed by atoms with van der Waals surface area (Å²) >= 11 is 0. The lowest BCUT2D eigenvalue weighted by atomic mass is 9.95. The Balaban J connectivity index is 1.95. The van der Waals surface area contributed by atoms with E-state index in [1.165, 1.54) is 6.07 Å². The normalized spacial score (nSPS) is 14.4. The Labute approximate surface area is 185 Å². The Hall–Kier alpha value is -3.42. The lowest BCUT2D eigenvalue weighted by molar-refractivity contribution is -0.139. The van der Waals surface area contributed by atoms with Crippen LogP contribution in [0.3, 0.4) is 0 Å². The van der Waals surface area contributed by atoms with Crippen molar-refractivity contribution in [3.63, 3.8) is 0 Å². The molecule has 7 nitrogen and oxygen atoms in total. The number of morpholine rings is 1. The molecule has 1 aliphatic heterocycles. The van der Waals surface area contributed by atoms with Crippen molar-refractivity contribution in [2.24, 2.45) is 0 Å². The second-order valence-corrected chi connectivity index (χ2v) is 7.63. The highest BCUT2D eigenvalue weighted by molar-refractivity contribution is 5.96. The molecule has 7 heteroatoms. The fraction of sp³-hybridized carbons (Fsp3) is 0.280. The van der Waals surface area contributed by atoms with Crippen LogP contribution in [0.2, 0.25) is 0 Å². The predicted molar refractivity (Wildman–Crippen MR) is 121 cm³/mol. The average molecular weight is 435 g/mol. The van der Waals surface area contributed by atoms with Crippen LogP contribution >= 0.6 is 0 Å². The first kappa shape index (κ1) is 21.8. The van der Waals surface area contributed by atoms with Crippen molar-refractivity contribution >= 4 is 16.9 Å². The van der Waals surface area contributed by atoms with E-state index in [1.54, 1.807) is 6.08 Å². The Kier molecular flexibility index (Phi) is 6.68. The Morgan fingerprint density at radius 3 is 2.62 bits per heavy atom. The fourth-order valence-corrected chi connectivity index (χ4v) is 4.02. The molecule has 0 aliphatic carbocycles.